The summed E-state index contributed by atoms with van der Waals surface area (Å²) >= 11 is 0. The van der Waals surface area contributed by atoms with E-state index in [0.717, 1.165) is 41.5 Å². The molecule has 0 amide bonds. The molecular formula is C15H28O3Si. The lowest BCUT2D eigenvalue weighted by Gasteiger charge is -2.31. The molecule has 0 aliphatic heterocycles. The highest BCUT2D eigenvalue weighted by atomic mass is 28.1. The van der Waals surface area contributed by atoms with Gasteiger partial charge in [0.2, 0.25) is 0 Å². The van der Waals surface area contributed by atoms with Crippen LogP contribution < -0.4 is 0 Å². The van der Waals surface area contributed by atoms with Crippen molar-refractivity contribution >= 4 is 16.2 Å². The van der Waals surface area contributed by atoms with Crippen LogP contribution in [0.5, 0.6) is 0 Å². The quantitative estimate of drug-likeness (QED) is 0.215. The Morgan fingerprint density at radius 2 is 1.74 bits per heavy atom. The molecule has 1 unspecified atom stereocenters. The summed E-state index contributed by atoms with van der Waals surface area (Å²) in [6.45, 7) is 15.9. The molecule has 0 aromatic carbocycles. The van der Waals surface area contributed by atoms with Crippen molar-refractivity contribution in [3.63, 3.8) is 0 Å². The summed E-state index contributed by atoms with van der Waals surface area (Å²) in [6, 6.07) is 0. The Hall–Kier alpha value is -0.873. The molecule has 0 aromatic heterocycles. The maximum Gasteiger partial charge on any atom is 0.368 e. The van der Waals surface area contributed by atoms with Crippen molar-refractivity contribution < 1.29 is 14.6 Å². The van der Waals surface area contributed by atoms with Crippen molar-refractivity contribution in [3.05, 3.63) is 24.3 Å². The average Bonchev–Trinajstić information content (AvgIpc) is 2.46. The Kier molecular flexibility index (Phi) is 7.95. The van der Waals surface area contributed by atoms with E-state index in [-0.39, 0.29) is 5.54 Å². The van der Waals surface area contributed by atoms with Crippen molar-refractivity contribution in [1.82, 2.24) is 0 Å². The summed E-state index contributed by atoms with van der Waals surface area (Å²) in [4.78, 5) is 22.4. The van der Waals surface area contributed by atoms with E-state index in [9.17, 15) is 4.79 Å². The largest absolute Gasteiger partial charge is 0.368 e. The fraction of sp³-hybridized carbons (Fsp3) is 0.667. The summed E-state index contributed by atoms with van der Waals surface area (Å²) in [5.74, 6) is -0.447. The van der Waals surface area contributed by atoms with E-state index < -0.39 is 11.6 Å². The first-order valence-electron chi connectivity index (χ1n) is 7.15. The fourth-order valence-corrected chi connectivity index (χ4v) is 2.10. The molecule has 0 spiro atoms. The first-order valence-corrected chi connectivity index (χ1v) is 8.30. The Balaban J connectivity index is 4.70. The van der Waals surface area contributed by atoms with E-state index >= 15 is 0 Å². The van der Waals surface area contributed by atoms with E-state index in [1.54, 1.807) is 0 Å². The summed E-state index contributed by atoms with van der Waals surface area (Å²) < 4.78 is 0. The lowest BCUT2D eigenvalue weighted by atomic mass is 9.88. The maximum absolute atomic E-state index is 11.9. The summed E-state index contributed by atoms with van der Waals surface area (Å²) in [7, 11) is 0.894. The van der Waals surface area contributed by atoms with Crippen LogP contribution in [0.25, 0.3) is 0 Å². The van der Waals surface area contributed by atoms with E-state index in [1.807, 2.05) is 27.7 Å². The summed E-state index contributed by atoms with van der Waals surface area (Å²) in [5, 5.41) is 0. The van der Waals surface area contributed by atoms with Gasteiger partial charge in [0.25, 0.3) is 0 Å². The van der Waals surface area contributed by atoms with Crippen molar-refractivity contribution in [2.45, 2.75) is 64.5 Å². The van der Waals surface area contributed by atoms with Gasteiger partial charge in [0.05, 0.1) is 0 Å². The Labute approximate surface area is 120 Å². The average molecular weight is 284 g/mol. The van der Waals surface area contributed by atoms with Crippen LogP contribution in [0, 0.1) is 0 Å². The molecule has 0 aromatic rings. The summed E-state index contributed by atoms with van der Waals surface area (Å²) in [5.41, 5.74) is 1.13. The van der Waals surface area contributed by atoms with Crippen LogP contribution >= 0.6 is 0 Å². The SMILES string of the molecule is C=C(C(=O)OOC(CC)(CC)C(=C)CC)C([SiH3])CC. The third kappa shape index (κ3) is 4.62. The lowest BCUT2D eigenvalue weighted by molar-refractivity contribution is -0.322. The van der Waals surface area contributed by atoms with Crippen LogP contribution in [0.3, 0.4) is 0 Å². The highest BCUT2D eigenvalue weighted by Crippen LogP contribution is 2.31. The van der Waals surface area contributed by atoms with Gasteiger partial charge in [-0.1, -0.05) is 47.3 Å². The van der Waals surface area contributed by atoms with Crippen LogP contribution in [0.4, 0.5) is 0 Å². The van der Waals surface area contributed by atoms with Gasteiger partial charge in [0.15, 0.2) is 0 Å². The molecule has 3 nitrogen and oxygen atoms in total. The number of carbonyl (C=O) groups excluding carboxylic acids is 1. The van der Waals surface area contributed by atoms with Crippen LogP contribution in [-0.4, -0.2) is 21.8 Å². The highest BCUT2D eigenvalue weighted by Gasteiger charge is 2.33. The molecule has 0 fully saturated rings. The first-order chi connectivity index (χ1) is 8.88. The van der Waals surface area contributed by atoms with Gasteiger partial charge in [-0.05, 0) is 30.4 Å². The molecule has 19 heavy (non-hydrogen) atoms. The van der Waals surface area contributed by atoms with Gasteiger partial charge in [-0.3, -0.25) is 4.89 Å². The van der Waals surface area contributed by atoms with Crippen molar-refractivity contribution in [2.75, 3.05) is 0 Å². The topological polar surface area (TPSA) is 35.5 Å². The van der Waals surface area contributed by atoms with Gasteiger partial charge in [0.1, 0.15) is 5.60 Å². The van der Waals surface area contributed by atoms with Gasteiger partial charge < -0.3 is 0 Å². The second-order valence-electron chi connectivity index (χ2n) is 4.95. The Morgan fingerprint density at radius 3 is 2.11 bits per heavy atom. The molecular weight excluding hydrogens is 256 g/mol. The van der Waals surface area contributed by atoms with Gasteiger partial charge in [-0.2, -0.15) is 4.89 Å². The number of hydrogen-bond acceptors (Lipinski definition) is 3. The Morgan fingerprint density at radius 1 is 1.21 bits per heavy atom. The predicted molar refractivity (Wildman–Crippen MR) is 83.0 cm³/mol. The third-order valence-corrected chi connectivity index (χ3v) is 5.47. The van der Waals surface area contributed by atoms with E-state index in [4.69, 9.17) is 9.78 Å². The molecule has 0 bridgehead atoms. The number of rotatable bonds is 9. The lowest BCUT2D eigenvalue weighted by Crippen LogP contribution is -2.34. The van der Waals surface area contributed by atoms with Crippen molar-refractivity contribution in [3.8, 4) is 0 Å². The maximum atomic E-state index is 11.9. The minimum Gasteiger partial charge on any atom is -0.292 e. The van der Waals surface area contributed by atoms with E-state index in [0.29, 0.717) is 5.57 Å². The molecule has 110 valence electrons. The zero-order valence-electron chi connectivity index (χ0n) is 13.0. The molecule has 1 atom stereocenters. The second kappa shape index (κ2) is 8.33. The first kappa shape index (κ1) is 18.1. The van der Waals surface area contributed by atoms with Crippen LogP contribution in [0.2, 0.25) is 5.54 Å². The van der Waals surface area contributed by atoms with Crippen LogP contribution in [0.1, 0.15) is 53.4 Å². The van der Waals surface area contributed by atoms with Crippen LogP contribution in [0.15, 0.2) is 24.3 Å². The molecule has 4 heteroatoms. The Bertz CT molecular complexity index is 332. The second-order valence-corrected chi connectivity index (χ2v) is 6.34. The van der Waals surface area contributed by atoms with Crippen LogP contribution in [-0.2, 0) is 14.6 Å². The predicted octanol–water partition coefficient (Wildman–Crippen LogP) is 3.11. The fourth-order valence-electron chi connectivity index (χ4n) is 1.87. The minimum absolute atomic E-state index is 0.239. The molecule has 0 aliphatic carbocycles. The molecule has 0 rings (SSSR count). The molecule has 0 heterocycles. The zero-order chi connectivity index (χ0) is 15.1. The minimum atomic E-state index is -0.572. The van der Waals surface area contributed by atoms with Crippen molar-refractivity contribution in [2.24, 2.45) is 0 Å². The normalized spacial score (nSPS) is 13.1. The monoisotopic (exact) mass is 284 g/mol. The smallest absolute Gasteiger partial charge is 0.292 e. The molecule has 0 saturated carbocycles. The van der Waals surface area contributed by atoms with Gasteiger partial charge >= 0.3 is 5.97 Å². The van der Waals surface area contributed by atoms with Gasteiger partial charge in [-0.25, -0.2) is 4.79 Å². The molecule has 0 radical (unpaired) electrons. The molecule has 0 saturated heterocycles. The third-order valence-electron chi connectivity index (χ3n) is 3.96. The number of hydrogen-bond donors (Lipinski definition) is 0. The van der Waals surface area contributed by atoms with E-state index in [2.05, 4.69) is 13.2 Å². The number of carbonyl (C=O) groups is 1. The highest BCUT2D eigenvalue weighted by molar-refractivity contribution is 6.17. The summed E-state index contributed by atoms with van der Waals surface area (Å²) in [6.07, 6.45) is 3.18. The van der Waals surface area contributed by atoms with Crippen molar-refractivity contribution in [1.29, 1.82) is 0 Å². The van der Waals surface area contributed by atoms with E-state index in [1.165, 1.54) is 0 Å². The van der Waals surface area contributed by atoms with Gasteiger partial charge in [-0.15, -0.1) is 0 Å². The van der Waals surface area contributed by atoms with Gasteiger partial charge in [0, 0.05) is 15.8 Å². The molecule has 0 aliphatic rings. The zero-order valence-corrected chi connectivity index (χ0v) is 15.0. The molecule has 0 N–H and O–H groups in total. The standard InChI is InChI=1S/C15H28O3Si/c1-7-11(5)15(9-3,10-4)18-17-14(16)12(6)13(19)8-2/h13H,5-10H2,1-4,19H3.